The van der Waals surface area contributed by atoms with Gasteiger partial charge in [0.05, 0.1) is 38.0 Å². The Morgan fingerprint density at radius 3 is 3.00 bits per heavy atom. The van der Waals surface area contributed by atoms with Gasteiger partial charge in [0, 0.05) is 30.4 Å². The third-order valence-electron chi connectivity index (χ3n) is 5.70. The number of halogens is 1. The Bertz CT molecular complexity index is 1060. The number of carbonyl (C=O) groups excluding carboxylic acids is 1. The smallest absolute Gasteiger partial charge is 0.338 e. The Balaban J connectivity index is 1.82. The first-order chi connectivity index (χ1) is 16.0. The Labute approximate surface area is 195 Å². The summed E-state index contributed by atoms with van der Waals surface area (Å²) in [7, 11) is 0. The summed E-state index contributed by atoms with van der Waals surface area (Å²) in [5, 5.41) is 15.7. The molecule has 10 heteroatoms. The van der Waals surface area contributed by atoms with E-state index in [1.807, 2.05) is 5.38 Å². The fourth-order valence-electron chi connectivity index (χ4n) is 4.06. The monoisotopic (exact) mass is 474 g/mol. The van der Waals surface area contributed by atoms with E-state index < -0.39 is 12.0 Å². The second-order valence-electron chi connectivity index (χ2n) is 7.84. The first kappa shape index (κ1) is 23.5. The number of esters is 1. The van der Waals surface area contributed by atoms with Crippen LogP contribution in [0.3, 0.4) is 0 Å². The largest absolute Gasteiger partial charge is 0.463 e. The van der Waals surface area contributed by atoms with E-state index in [4.69, 9.17) is 14.5 Å². The van der Waals surface area contributed by atoms with Crippen molar-refractivity contribution < 1.29 is 23.8 Å². The number of nitrogens with zero attached hydrogens (tertiary/aromatic N) is 3. The van der Waals surface area contributed by atoms with Crippen molar-refractivity contribution in [3.63, 3.8) is 0 Å². The van der Waals surface area contributed by atoms with Gasteiger partial charge >= 0.3 is 5.97 Å². The molecule has 2 N–H and O–H groups in total. The molecule has 33 heavy (non-hydrogen) atoms. The quantitative estimate of drug-likeness (QED) is 0.594. The maximum atomic E-state index is 13.9. The molecular weight excluding hydrogens is 447 g/mol. The highest BCUT2D eigenvalue weighted by Gasteiger charge is 2.35. The molecule has 8 nitrogen and oxygen atoms in total. The fourth-order valence-corrected chi connectivity index (χ4v) is 4.65. The molecule has 2 aliphatic rings. The van der Waals surface area contributed by atoms with Gasteiger partial charge in [-0.25, -0.2) is 14.2 Å². The van der Waals surface area contributed by atoms with Gasteiger partial charge in [-0.05, 0) is 37.1 Å². The molecule has 1 aromatic heterocycles. The molecule has 4 rings (SSSR count). The molecule has 1 saturated heterocycles. The first-order valence-corrected chi connectivity index (χ1v) is 11.7. The number of aliphatic hydroxyl groups is 1. The number of aryl methyl sites for hydroxylation is 1. The lowest BCUT2D eigenvalue weighted by Gasteiger charge is -2.37. The second-order valence-corrected chi connectivity index (χ2v) is 8.73. The highest BCUT2D eigenvalue weighted by Crippen LogP contribution is 2.35. The van der Waals surface area contributed by atoms with Crippen LogP contribution in [0.2, 0.25) is 0 Å². The van der Waals surface area contributed by atoms with Crippen molar-refractivity contribution in [3.05, 3.63) is 63.0 Å². The van der Waals surface area contributed by atoms with E-state index in [9.17, 15) is 14.3 Å². The van der Waals surface area contributed by atoms with Crippen LogP contribution < -0.4 is 5.32 Å². The molecule has 0 spiro atoms. The van der Waals surface area contributed by atoms with Gasteiger partial charge in [-0.2, -0.15) is 0 Å². The van der Waals surface area contributed by atoms with Crippen LogP contribution in [0, 0.1) is 12.7 Å². The van der Waals surface area contributed by atoms with Crippen LogP contribution in [0.15, 0.2) is 46.0 Å². The molecule has 2 aliphatic heterocycles. The summed E-state index contributed by atoms with van der Waals surface area (Å²) in [6.07, 6.45) is 1.69. The third kappa shape index (κ3) is 5.14. The van der Waals surface area contributed by atoms with Gasteiger partial charge in [-0.3, -0.25) is 9.89 Å². The van der Waals surface area contributed by atoms with Crippen molar-refractivity contribution in [1.82, 2.24) is 15.2 Å². The SMILES string of the molecule is CCOC(=O)C1=C(CN2CCOCC2CO)NC(c2nccs2)=NC1c1ccc(F)cc1C. The Morgan fingerprint density at radius 1 is 1.45 bits per heavy atom. The van der Waals surface area contributed by atoms with Crippen molar-refractivity contribution >= 4 is 23.1 Å². The lowest BCUT2D eigenvalue weighted by Crippen LogP contribution is -2.50. The summed E-state index contributed by atoms with van der Waals surface area (Å²) >= 11 is 1.43. The highest BCUT2D eigenvalue weighted by molar-refractivity contribution is 7.11. The van der Waals surface area contributed by atoms with Crippen LogP contribution in [-0.4, -0.2) is 72.4 Å². The van der Waals surface area contributed by atoms with Gasteiger partial charge in [0.25, 0.3) is 0 Å². The van der Waals surface area contributed by atoms with Crippen LogP contribution in [0.4, 0.5) is 4.39 Å². The number of aliphatic imine (C=N–C) groups is 1. The molecule has 0 radical (unpaired) electrons. The summed E-state index contributed by atoms with van der Waals surface area (Å²) in [6, 6.07) is 3.58. The van der Waals surface area contributed by atoms with Crippen molar-refractivity contribution in [2.24, 2.45) is 4.99 Å². The number of benzene rings is 1. The summed E-state index contributed by atoms with van der Waals surface area (Å²) < 4.78 is 24.8. The van der Waals surface area contributed by atoms with Gasteiger partial charge in [0.2, 0.25) is 0 Å². The highest BCUT2D eigenvalue weighted by atomic mass is 32.1. The number of nitrogens with one attached hydrogen (secondary N) is 1. The summed E-state index contributed by atoms with van der Waals surface area (Å²) in [4.78, 5) is 24.5. The molecule has 0 amide bonds. The number of rotatable bonds is 7. The zero-order valence-corrected chi connectivity index (χ0v) is 19.4. The molecule has 3 heterocycles. The van der Waals surface area contributed by atoms with E-state index in [0.29, 0.717) is 59.5 Å². The minimum atomic E-state index is -0.687. The van der Waals surface area contributed by atoms with Gasteiger partial charge in [-0.15, -0.1) is 11.3 Å². The van der Waals surface area contributed by atoms with Gasteiger partial charge in [0.1, 0.15) is 11.9 Å². The third-order valence-corrected chi connectivity index (χ3v) is 6.48. The predicted molar refractivity (Wildman–Crippen MR) is 123 cm³/mol. The number of aromatic nitrogens is 1. The van der Waals surface area contributed by atoms with Crippen LogP contribution in [0.1, 0.15) is 29.1 Å². The number of hydrogen-bond acceptors (Lipinski definition) is 9. The van der Waals surface area contributed by atoms with E-state index >= 15 is 0 Å². The summed E-state index contributed by atoms with van der Waals surface area (Å²) in [5.41, 5.74) is 2.40. The van der Waals surface area contributed by atoms with E-state index in [2.05, 4.69) is 15.2 Å². The molecular formula is C23H27FN4O4S. The normalized spacial score (nSPS) is 21.5. The Kier molecular flexibility index (Phi) is 7.49. The van der Waals surface area contributed by atoms with E-state index in [1.54, 1.807) is 26.1 Å². The van der Waals surface area contributed by atoms with Gasteiger partial charge < -0.3 is 19.9 Å². The predicted octanol–water partition coefficient (Wildman–Crippen LogP) is 2.19. The standard InChI is InChI=1S/C23H27FN4O4S/c1-3-32-23(30)19-18(11-28-7-8-31-13-16(28)12-29)26-21(22-25-6-9-33-22)27-20(19)17-5-4-15(24)10-14(17)2/h4-6,9-10,16,20,29H,3,7-8,11-13H2,1-2H3,(H,26,27). The van der Waals surface area contributed by atoms with E-state index in [0.717, 1.165) is 0 Å². The summed E-state index contributed by atoms with van der Waals surface area (Å²) in [6.45, 7) is 5.62. The maximum absolute atomic E-state index is 13.9. The molecule has 1 aromatic carbocycles. The molecule has 0 bridgehead atoms. The molecule has 2 unspecified atom stereocenters. The molecule has 1 fully saturated rings. The minimum absolute atomic E-state index is 0.0596. The molecule has 2 aromatic rings. The summed E-state index contributed by atoms with van der Waals surface area (Å²) in [5.74, 6) is -0.296. The van der Waals surface area contributed by atoms with Crippen molar-refractivity contribution in [1.29, 1.82) is 0 Å². The topological polar surface area (TPSA) is 96.3 Å². The molecule has 0 aliphatic carbocycles. The average Bonchev–Trinajstić information content (AvgIpc) is 3.34. The lowest BCUT2D eigenvalue weighted by molar-refractivity contribution is -0.139. The van der Waals surface area contributed by atoms with Crippen molar-refractivity contribution in [2.75, 3.05) is 39.5 Å². The number of ether oxygens (including phenoxy) is 2. The van der Waals surface area contributed by atoms with Crippen molar-refractivity contribution in [2.45, 2.75) is 25.9 Å². The fraction of sp³-hybridized carbons (Fsp3) is 0.435. The zero-order valence-electron chi connectivity index (χ0n) is 18.6. The van der Waals surface area contributed by atoms with Gasteiger partial charge in [0.15, 0.2) is 10.8 Å². The second kappa shape index (κ2) is 10.5. The first-order valence-electron chi connectivity index (χ1n) is 10.8. The molecule has 2 atom stereocenters. The van der Waals surface area contributed by atoms with Crippen molar-refractivity contribution in [3.8, 4) is 0 Å². The van der Waals surface area contributed by atoms with Gasteiger partial charge in [-0.1, -0.05) is 6.07 Å². The number of carbonyl (C=O) groups is 1. The number of thiazole rings is 1. The van der Waals surface area contributed by atoms with Crippen LogP contribution in [0.25, 0.3) is 0 Å². The lowest BCUT2D eigenvalue weighted by atomic mass is 9.92. The average molecular weight is 475 g/mol. The Hall–Kier alpha value is -2.66. The van der Waals surface area contributed by atoms with Crippen LogP contribution >= 0.6 is 11.3 Å². The van der Waals surface area contributed by atoms with Crippen LogP contribution in [-0.2, 0) is 14.3 Å². The van der Waals surface area contributed by atoms with E-state index in [-0.39, 0.29) is 25.1 Å². The maximum Gasteiger partial charge on any atom is 0.338 e. The Morgan fingerprint density at radius 2 is 2.30 bits per heavy atom. The minimum Gasteiger partial charge on any atom is -0.463 e. The number of morpholine rings is 1. The molecule has 176 valence electrons. The zero-order chi connectivity index (χ0) is 23.4. The number of hydrogen-bond donors (Lipinski definition) is 2. The number of aliphatic hydroxyl groups excluding tert-OH is 1. The van der Waals surface area contributed by atoms with Crippen LogP contribution in [0.5, 0.6) is 0 Å². The molecule has 0 saturated carbocycles. The number of amidine groups is 1. The van der Waals surface area contributed by atoms with E-state index in [1.165, 1.54) is 23.5 Å².